The molecule has 0 bridgehead atoms. The van der Waals surface area contributed by atoms with Gasteiger partial charge in [0.1, 0.15) is 5.82 Å². The quantitative estimate of drug-likeness (QED) is 0.680. The molecule has 6 heteroatoms. The average molecular weight is 267 g/mol. The smallest absolute Gasteiger partial charge is 0.257 e. The van der Waals surface area contributed by atoms with Crippen molar-refractivity contribution in [3.8, 4) is 11.4 Å². The maximum absolute atomic E-state index is 11.9. The number of carbonyl (C=O) groups excluding carboxylic acids is 1. The molecule has 0 saturated heterocycles. The van der Waals surface area contributed by atoms with E-state index >= 15 is 0 Å². The number of aromatic amines is 2. The van der Waals surface area contributed by atoms with Gasteiger partial charge in [-0.1, -0.05) is 0 Å². The predicted molar refractivity (Wildman–Crippen MR) is 75.3 cm³/mol. The van der Waals surface area contributed by atoms with Gasteiger partial charge in [0.2, 0.25) is 0 Å². The molecule has 2 aromatic heterocycles. The highest BCUT2D eigenvalue weighted by molar-refractivity contribution is 6.04. The highest BCUT2D eigenvalue weighted by Gasteiger charge is 2.07. The molecule has 2 heterocycles. The van der Waals surface area contributed by atoms with E-state index < -0.39 is 0 Å². The zero-order chi connectivity index (χ0) is 13.9. The lowest BCUT2D eigenvalue weighted by Gasteiger charge is -2.04. The summed E-state index contributed by atoms with van der Waals surface area (Å²) in [4.78, 5) is 19.0. The predicted octanol–water partition coefficient (Wildman–Crippen LogP) is 2.36. The third-order valence-electron chi connectivity index (χ3n) is 2.86. The maximum Gasteiger partial charge on any atom is 0.257 e. The zero-order valence-electron chi connectivity index (χ0n) is 10.8. The Morgan fingerprint density at radius 3 is 2.60 bits per heavy atom. The number of amides is 1. The van der Waals surface area contributed by atoms with Gasteiger partial charge < -0.3 is 10.3 Å². The standard InChI is InChI=1S/C14H13N5O/c1-9-16-13(19-18-9)10-2-4-12(5-3-10)17-14(20)11-6-7-15-8-11/h2-8,15H,1H3,(H,17,20)(H,16,18,19). The van der Waals surface area contributed by atoms with Crippen LogP contribution in [0.15, 0.2) is 42.7 Å². The molecule has 3 N–H and O–H groups in total. The second-order valence-corrected chi connectivity index (χ2v) is 4.38. The lowest BCUT2D eigenvalue weighted by Crippen LogP contribution is -2.10. The van der Waals surface area contributed by atoms with Crippen LogP contribution in [0.2, 0.25) is 0 Å². The van der Waals surface area contributed by atoms with E-state index in [1.807, 2.05) is 31.2 Å². The van der Waals surface area contributed by atoms with E-state index in [2.05, 4.69) is 25.5 Å². The summed E-state index contributed by atoms with van der Waals surface area (Å²) in [7, 11) is 0. The second kappa shape index (κ2) is 5.00. The maximum atomic E-state index is 11.9. The van der Waals surface area contributed by atoms with Crippen molar-refractivity contribution >= 4 is 11.6 Å². The molecule has 0 atom stereocenters. The van der Waals surface area contributed by atoms with Crippen molar-refractivity contribution < 1.29 is 4.79 Å². The Kier molecular flexibility index (Phi) is 3.04. The summed E-state index contributed by atoms with van der Waals surface area (Å²) in [5.74, 6) is 1.27. The molecule has 1 amide bonds. The Morgan fingerprint density at radius 2 is 2.00 bits per heavy atom. The molecular weight excluding hydrogens is 254 g/mol. The Labute approximate surface area is 115 Å². The number of hydrogen-bond donors (Lipinski definition) is 3. The third-order valence-corrected chi connectivity index (χ3v) is 2.86. The summed E-state index contributed by atoms with van der Waals surface area (Å²) in [5, 5.41) is 9.71. The summed E-state index contributed by atoms with van der Waals surface area (Å²) in [6, 6.07) is 9.11. The number of nitrogens with zero attached hydrogens (tertiary/aromatic N) is 2. The van der Waals surface area contributed by atoms with E-state index in [-0.39, 0.29) is 5.91 Å². The van der Waals surface area contributed by atoms with Crippen LogP contribution >= 0.6 is 0 Å². The molecule has 3 aromatic rings. The number of anilines is 1. The molecule has 0 unspecified atom stereocenters. The van der Waals surface area contributed by atoms with Gasteiger partial charge in [-0.25, -0.2) is 4.98 Å². The van der Waals surface area contributed by atoms with Crippen LogP contribution < -0.4 is 5.32 Å². The van der Waals surface area contributed by atoms with Gasteiger partial charge >= 0.3 is 0 Å². The van der Waals surface area contributed by atoms with E-state index in [4.69, 9.17) is 0 Å². The summed E-state index contributed by atoms with van der Waals surface area (Å²) in [6.07, 6.45) is 3.36. The minimum atomic E-state index is -0.146. The van der Waals surface area contributed by atoms with Gasteiger partial charge in [0.05, 0.1) is 5.56 Å². The minimum Gasteiger partial charge on any atom is -0.367 e. The van der Waals surface area contributed by atoms with Crippen LogP contribution in [0.1, 0.15) is 16.2 Å². The molecular formula is C14H13N5O. The number of carbonyl (C=O) groups is 1. The first-order chi connectivity index (χ1) is 9.72. The number of rotatable bonds is 3. The van der Waals surface area contributed by atoms with Crippen LogP contribution in [-0.2, 0) is 0 Å². The van der Waals surface area contributed by atoms with Crippen molar-refractivity contribution in [1.29, 1.82) is 0 Å². The second-order valence-electron chi connectivity index (χ2n) is 4.38. The minimum absolute atomic E-state index is 0.146. The summed E-state index contributed by atoms with van der Waals surface area (Å²) in [6.45, 7) is 1.85. The van der Waals surface area contributed by atoms with Crippen LogP contribution in [0, 0.1) is 6.92 Å². The van der Waals surface area contributed by atoms with Gasteiger partial charge in [0.15, 0.2) is 5.82 Å². The zero-order valence-corrected chi connectivity index (χ0v) is 10.8. The van der Waals surface area contributed by atoms with Crippen LogP contribution in [0.25, 0.3) is 11.4 Å². The third kappa shape index (κ3) is 2.44. The van der Waals surface area contributed by atoms with E-state index in [1.165, 1.54) is 0 Å². The molecule has 100 valence electrons. The normalized spacial score (nSPS) is 10.4. The van der Waals surface area contributed by atoms with Crippen LogP contribution in [-0.4, -0.2) is 26.1 Å². The van der Waals surface area contributed by atoms with E-state index in [0.29, 0.717) is 11.4 Å². The summed E-state index contributed by atoms with van der Waals surface area (Å²) < 4.78 is 0. The topological polar surface area (TPSA) is 86.5 Å². The SMILES string of the molecule is Cc1nc(-c2ccc(NC(=O)c3cc[nH]c3)cc2)n[nH]1. The van der Waals surface area contributed by atoms with Crippen LogP contribution in [0.5, 0.6) is 0 Å². The molecule has 0 aliphatic rings. The molecule has 1 aromatic carbocycles. The highest BCUT2D eigenvalue weighted by atomic mass is 16.1. The van der Waals surface area contributed by atoms with Crippen molar-refractivity contribution in [2.24, 2.45) is 0 Å². The molecule has 3 rings (SSSR count). The van der Waals surface area contributed by atoms with Crippen LogP contribution in [0.4, 0.5) is 5.69 Å². The van der Waals surface area contributed by atoms with Crippen molar-refractivity contribution in [3.05, 3.63) is 54.1 Å². The molecule has 0 spiro atoms. The van der Waals surface area contributed by atoms with Gasteiger partial charge in [-0.2, -0.15) is 5.10 Å². The lowest BCUT2D eigenvalue weighted by atomic mass is 10.2. The Bertz CT molecular complexity index is 712. The van der Waals surface area contributed by atoms with Crippen LogP contribution in [0.3, 0.4) is 0 Å². The summed E-state index contributed by atoms with van der Waals surface area (Å²) >= 11 is 0. The molecule has 0 fully saturated rings. The number of aryl methyl sites for hydroxylation is 1. The van der Waals surface area contributed by atoms with Crippen molar-refractivity contribution in [2.45, 2.75) is 6.92 Å². The fourth-order valence-corrected chi connectivity index (χ4v) is 1.84. The van der Waals surface area contributed by atoms with Gasteiger partial charge in [0.25, 0.3) is 5.91 Å². The average Bonchev–Trinajstić information content (AvgIpc) is 3.10. The first kappa shape index (κ1) is 12.2. The Morgan fingerprint density at radius 1 is 1.20 bits per heavy atom. The lowest BCUT2D eigenvalue weighted by molar-refractivity contribution is 0.102. The Hall–Kier alpha value is -2.89. The molecule has 0 aliphatic heterocycles. The van der Waals surface area contributed by atoms with Gasteiger partial charge in [-0.05, 0) is 37.3 Å². The highest BCUT2D eigenvalue weighted by Crippen LogP contribution is 2.18. The van der Waals surface area contributed by atoms with E-state index in [0.717, 1.165) is 17.1 Å². The molecule has 0 saturated carbocycles. The number of nitrogens with one attached hydrogen (secondary N) is 3. The molecule has 0 radical (unpaired) electrons. The number of H-pyrrole nitrogens is 2. The van der Waals surface area contributed by atoms with Gasteiger partial charge in [-0.15, -0.1) is 0 Å². The van der Waals surface area contributed by atoms with Gasteiger partial charge in [-0.3, -0.25) is 9.89 Å². The van der Waals surface area contributed by atoms with Gasteiger partial charge in [0, 0.05) is 23.6 Å². The molecule has 6 nitrogen and oxygen atoms in total. The number of aromatic nitrogens is 4. The Balaban J connectivity index is 1.75. The van der Waals surface area contributed by atoms with E-state index in [1.54, 1.807) is 18.5 Å². The van der Waals surface area contributed by atoms with Crippen molar-refractivity contribution in [2.75, 3.05) is 5.32 Å². The molecule has 0 aliphatic carbocycles. The fraction of sp³-hybridized carbons (Fsp3) is 0.0714. The van der Waals surface area contributed by atoms with Crippen molar-refractivity contribution in [3.63, 3.8) is 0 Å². The monoisotopic (exact) mass is 267 g/mol. The molecule has 20 heavy (non-hydrogen) atoms. The van der Waals surface area contributed by atoms with E-state index in [9.17, 15) is 4.79 Å². The fourth-order valence-electron chi connectivity index (χ4n) is 1.84. The first-order valence-corrected chi connectivity index (χ1v) is 6.16. The number of benzene rings is 1. The van der Waals surface area contributed by atoms with Crippen molar-refractivity contribution in [1.82, 2.24) is 20.2 Å². The summed E-state index contributed by atoms with van der Waals surface area (Å²) in [5.41, 5.74) is 2.22. The first-order valence-electron chi connectivity index (χ1n) is 6.16. The number of hydrogen-bond acceptors (Lipinski definition) is 3. The largest absolute Gasteiger partial charge is 0.367 e.